The van der Waals surface area contributed by atoms with Gasteiger partial charge >= 0.3 is 5.97 Å². The number of carboxylic acids is 1. The van der Waals surface area contributed by atoms with E-state index in [9.17, 15) is 4.79 Å². The number of aliphatic carboxylic acids is 1. The molecular weight excluding hydrogens is 310 g/mol. The summed E-state index contributed by atoms with van der Waals surface area (Å²) in [5.74, 6) is 0.00286. The number of likely N-dealkylation sites (tertiary alicyclic amines) is 1. The number of hydrogen-bond acceptors (Lipinski definition) is 3. The molecule has 0 radical (unpaired) electrons. The van der Waals surface area contributed by atoms with Crippen molar-refractivity contribution in [3.05, 3.63) is 28.2 Å². The molecule has 1 saturated heterocycles. The number of methoxy groups -OCH3 is 1. The van der Waals surface area contributed by atoms with Crippen LogP contribution in [0.2, 0.25) is 0 Å². The lowest BCUT2D eigenvalue weighted by molar-refractivity contribution is -0.138. The van der Waals surface area contributed by atoms with Crippen LogP contribution in [0.1, 0.15) is 30.9 Å². The summed E-state index contributed by atoms with van der Waals surface area (Å²) >= 11 is 3.46. The van der Waals surface area contributed by atoms with E-state index in [1.54, 1.807) is 7.11 Å². The minimum atomic E-state index is -0.760. The summed E-state index contributed by atoms with van der Waals surface area (Å²) in [4.78, 5) is 13.3. The van der Waals surface area contributed by atoms with Crippen molar-refractivity contribution in [1.29, 1.82) is 0 Å². The normalized spacial score (nSPS) is 17.4. The lowest BCUT2D eigenvalue weighted by atomic mass is 10.0. The zero-order valence-corrected chi connectivity index (χ0v) is 12.5. The Hall–Kier alpha value is -1.07. The second-order valence-electron chi connectivity index (χ2n) is 4.75. The summed E-state index contributed by atoms with van der Waals surface area (Å²) in [5, 5.41) is 9.11. The Labute approximate surface area is 121 Å². The maximum Gasteiger partial charge on any atom is 0.305 e. The summed E-state index contributed by atoms with van der Waals surface area (Å²) in [6, 6.07) is 5.74. The Kier molecular flexibility index (Phi) is 4.82. The van der Waals surface area contributed by atoms with Gasteiger partial charge in [0.05, 0.1) is 18.0 Å². The van der Waals surface area contributed by atoms with Gasteiger partial charge in [0.1, 0.15) is 5.75 Å². The van der Waals surface area contributed by atoms with Gasteiger partial charge in [-0.2, -0.15) is 0 Å². The molecule has 1 aromatic rings. The molecule has 0 aromatic heterocycles. The molecule has 1 atom stereocenters. The smallest absolute Gasteiger partial charge is 0.305 e. The van der Waals surface area contributed by atoms with Crippen molar-refractivity contribution in [2.45, 2.75) is 25.3 Å². The van der Waals surface area contributed by atoms with Gasteiger partial charge in [-0.05, 0) is 59.6 Å². The molecule has 5 heteroatoms. The lowest BCUT2D eigenvalue weighted by Gasteiger charge is -2.27. The third kappa shape index (κ3) is 3.48. The highest BCUT2D eigenvalue weighted by atomic mass is 79.9. The van der Waals surface area contributed by atoms with E-state index in [4.69, 9.17) is 9.84 Å². The number of hydrogen-bond donors (Lipinski definition) is 1. The number of carboxylic acid groups (broad SMARTS) is 1. The molecule has 0 amide bonds. The fourth-order valence-corrected chi connectivity index (χ4v) is 3.12. The predicted octanol–water partition coefficient (Wildman–Crippen LogP) is 3.07. The van der Waals surface area contributed by atoms with Gasteiger partial charge in [-0.1, -0.05) is 6.07 Å². The van der Waals surface area contributed by atoms with E-state index in [0.29, 0.717) is 0 Å². The van der Waals surface area contributed by atoms with Gasteiger partial charge in [-0.25, -0.2) is 0 Å². The average Bonchev–Trinajstić information content (AvgIpc) is 2.89. The zero-order chi connectivity index (χ0) is 13.8. The first-order valence-corrected chi connectivity index (χ1v) is 7.20. The largest absolute Gasteiger partial charge is 0.496 e. The van der Waals surface area contributed by atoms with Crippen LogP contribution < -0.4 is 4.74 Å². The Bertz CT molecular complexity index is 458. The van der Waals surface area contributed by atoms with Crippen molar-refractivity contribution in [3.8, 4) is 5.75 Å². The maximum atomic E-state index is 11.1. The Morgan fingerprint density at radius 1 is 1.47 bits per heavy atom. The maximum absolute atomic E-state index is 11.1. The van der Waals surface area contributed by atoms with Gasteiger partial charge in [0.2, 0.25) is 0 Å². The van der Waals surface area contributed by atoms with E-state index in [0.717, 1.165) is 41.7 Å². The van der Waals surface area contributed by atoms with Gasteiger partial charge in [0, 0.05) is 6.04 Å². The molecular formula is C14H18BrNO3. The lowest BCUT2D eigenvalue weighted by Crippen LogP contribution is -2.27. The van der Waals surface area contributed by atoms with Gasteiger partial charge in [-0.3, -0.25) is 9.69 Å². The monoisotopic (exact) mass is 327 g/mol. The molecule has 2 rings (SSSR count). The number of halogens is 1. The molecule has 1 N–H and O–H groups in total. The van der Waals surface area contributed by atoms with Gasteiger partial charge in [0.25, 0.3) is 0 Å². The second-order valence-corrected chi connectivity index (χ2v) is 5.61. The van der Waals surface area contributed by atoms with Crippen LogP contribution in [0.15, 0.2) is 22.7 Å². The topological polar surface area (TPSA) is 49.8 Å². The van der Waals surface area contributed by atoms with Gasteiger partial charge in [-0.15, -0.1) is 0 Å². The fourth-order valence-electron chi connectivity index (χ4n) is 2.57. The van der Waals surface area contributed by atoms with Crippen LogP contribution >= 0.6 is 15.9 Å². The highest BCUT2D eigenvalue weighted by molar-refractivity contribution is 9.10. The summed E-state index contributed by atoms with van der Waals surface area (Å²) in [7, 11) is 1.62. The minimum Gasteiger partial charge on any atom is -0.496 e. The highest BCUT2D eigenvalue weighted by Crippen LogP contribution is 2.33. The summed E-state index contributed by atoms with van der Waals surface area (Å²) in [5.41, 5.74) is 1.02. The van der Waals surface area contributed by atoms with Crippen LogP contribution in [0.5, 0.6) is 5.75 Å². The van der Waals surface area contributed by atoms with Gasteiger partial charge in [0.15, 0.2) is 0 Å². The zero-order valence-electron chi connectivity index (χ0n) is 10.9. The predicted molar refractivity (Wildman–Crippen MR) is 76.5 cm³/mol. The number of nitrogens with zero attached hydrogens (tertiary/aromatic N) is 1. The standard InChI is InChI=1S/C14H18BrNO3/c1-19-13-5-4-10(8-11(13)15)12(9-14(17)18)16-6-2-3-7-16/h4-5,8,12H,2-3,6-7,9H2,1H3,(H,17,18). The van der Waals surface area contributed by atoms with E-state index in [1.165, 1.54) is 0 Å². The molecule has 0 spiro atoms. The van der Waals surface area contributed by atoms with E-state index >= 15 is 0 Å². The van der Waals surface area contributed by atoms with Crippen molar-refractivity contribution in [3.63, 3.8) is 0 Å². The third-order valence-electron chi connectivity index (χ3n) is 3.51. The molecule has 4 nitrogen and oxygen atoms in total. The molecule has 1 aliphatic heterocycles. The van der Waals surface area contributed by atoms with Crippen LogP contribution in [0.3, 0.4) is 0 Å². The van der Waals surface area contributed by atoms with E-state index < -0.39 is 5.97 Å². The molecule has 1 unspecified atom stereocenters. The molecule has 0 aliphatic carbocycles. The van der Waals surface area contributed by atoms with Gasteiger partial charge < -0.3 is 9.84 Å². The van der Waals surface area contributed by atoms with Crippen molar-refractivity contribution in [2.75, 3.05) is 20.2 Å². The van der Waals surface area contributed by atoms with Crippen molar-refractivity contribution in [2.24, 2.45) is 0 Å². The van der Waals surface area contributed by atoms with E-state index in [-0.39, 0.29) is 12.5 Å². The second kappa shape index (κ2) is 6.39. The van der Waals surface area contributed by atoms with E-state index in [1.807, 2.05) is 18.2 Å². The fraction of sp³-hybridized carbons (Fsp3) is 0.500. The van der Waals surface area contributed by atoms with Crippen molar-refractivity contribution >= 4 is 21.9 Å². The summed E-state index contributed by atoms with van der Waals surface area (Å²) in [6.07, 6.45) is 2.43. The molecule has 1 heterocycles. The highest BCUT2D eigenvalue weighted by Gasteiger charge is 2.26. The molecule has 0 saturated carbocycles. The van der Waals surface area contributed by atoms with Crippen LogP contribution in [-0.2, 0) is 4.79 Å². The number of rotatable bonds is 5. The van der Waals surface area contributed by atoms with E-state index in [2.05, 4.69) is 20.8 Å². The van der Waals surface area contributed by atoms with Crippen LogP contribution in [0.4, 0.5) is 0 Å². The number of benzene rings is 1. The molecule has 1 fully saturated rings. The van der Waals surface area contributed by atoms with Crippen LogP contribution in [0, 0.1) is 0 Å². The Morgan fingerprint density at radius 2 is 2.16 bits per heavy atom. The first-order valence-electron chi connectivity index (χ1n) is 6.41. The first kappa shape index (κ1) is 14.3. The average molecular weight is 328 g/mol. The first-order chi connectivity index (χ1) is 9.11. The van der Waals surface area contributed by atoms with Crippen molar-refractivity contribution in [1.82, 2.24) is 4.90 Å². The quantitative estimate of drug-likeness (QED) is 0.902. The summed E-state index contributed by atoms with van der Waals surface area (Å²) in [6.45, 7) is 1.95. The SMILES string of the molecule is COc1ccc(C(CC(=O)O)N2CCCC2)cc1Br. The van der Waals surface area contributed by atoms with Crippen LogP contribution in [-0.4, -0.2) is 36.2 Å². The number of ether oxygens (including phenoxy) is 1. The number of carbonyl (C=O) groups is 1. The molecule has 104 valence electrons. The van der Waals surface area contributed by atoms with Crippen molar-refractivity contribution < 1.29 is 14.6 Å². The summed E-state index contributed by atoms with van der Waals surface area (Å²) < 4.78 is 6.07. The Morgan fingerprint density at radius 3 is 2.68 bits per heavy atom. The Balaban J connectivity index is 2.26. The van der Waals surface area contributed by atoms with Crippen LogP contribution in [0.25, 0.3) is 0 Å². The molecule has 1 aliphatic rings. The minimum absolute atomic E-state index is 0.0535. The molecule has 19 heavy (non-hydrogen) atoms. The molecule has 0 bridgehead atoms. The molecule has 1 aromatic carbocycles. The third-order valence-corrected chi connectivity index (χ3v) is 4.13.